The van der Waals surface area contributed by atoms with E-state index in [1.165, 1.54) is 11.8 Å². The lowest BCUT2D eigenvalue weighted by Gasteiger charge is -2.08. The first kappa shape index (κ1) is 18.0. The molecule has 0 aliphatic carbocycles. The second-order valence-electron chi connectivity index (χ2n) is 5.36. The number of aryl methyl sites for hydroxylation is 1. The summed E-state index contributed by atoms with van der Waals surface area (Å²) in [4.78, 5) is 20.8. The molecule has 0 bridgehead atoms. The van der Waals surface area contributed by atoms with Crippen molar-refractivity contribution in [3.63, 3.8) is 0 Å². The van der Waals surface area contributed by atoms with Crippen LogP contribution >= 0.6 is 35.0 Å². The minimum atomic E-state index is -0.159. The summed E-state index contributed by atoms with van der Waals surface area (Å²) >= 11 is 13.4. The van der Waals surface area contributed by atoms with Gasteiger partial charge in [0.15, 0.2) is 10.3 Å². The molecule has 0 radical (unpaired) electrons. The maximum atomic E-state index is 12.2. The normalized spacial score (nSPS) is 11.0. The number of imidazole rings is 1. The van der Waals surface area contributed by atoms with Crippen molar-refractivity contribution < 1.29 is 4.79 Å². The van der Waals surface area contributed by atoms with E-state index < -0.39 is 0 Å². The van der Waals surface area contributed by atoms with Crippen LogP contribution < -0.4 is 5.32 Å². The van der Waals surface area contributed by atoms with Gasteiger partial charge in [-0.2, -0.15) is 0 Å². The van der Waals surface area contributed by atoms with Crippen LogP contribution in [0, 0.1) is 0 Å². The Bertz CT molecular complexity index is 913. The number of fused-ring (bicyclic) bond motifs is 1. The number of rotatable bonds is 6. The molecule has 0 aliphatic rings. The number of thioether (sulfide) groups is 1. The van der Waals surface area contributed by atoms with Gasteiger partial charge in [-0.25, -0.2) is 9.97 Å². The van der Waals surface area contributed by atoms with Gasteiger partial charge in [0.1, 0.15) is 0 Å². The van der Waals surface area contributed by atoms with E-state index in [9.17, 15) is 4.79 Å². The molecule has 2 aromatic heterocycles. The zero-order valence-electron chi connectivity index (χ0n) is 13.5. The Morgan fingerprint density at radius 3 is 2.92 bits per heavy atom. The molecule has 3 aromatic rings. The van der Waals surface area contributed by atoms with Crippen LogP contribution in [0.3, 0.4) is 0 Å². The third-order valence-corrected chi connectivity index (χ3v) is 5.00. The van der Waals surface area contributed by atoms with E-state index in [0.29, 0.717) is 10.7 Å². The van der Waals surface area contributed by atoms with E-state index in [2.05, 4.69) is 26.8 Å². The first-order chi connectivity index (χ1) is 12.1. The fourth-order valence-corrected chi connectivity index (χ4v) is 3.60. The molecule has 130 valence electrons. The second-order valence-corrected chi connectivity index (χ2v) is 7.09. The van der Waals surface area contributed by atoms with Crippen LogP contribution in [-0.2, 0) is 11.3 Å². The average molecular weight is 395 g/mol. The topological polar surface area (TPSA) is 59.8 Å². The average Bonchev–Trinajstić information content (AvgIpc) is 2.92. The number of nitrogens with zero attached hydrogens (tertiary/aromatic N) is 3. The zero-order valence-corrected chi connectivity index (χ0v) is 15.8. The molecular formula is C17H16Cl2N4OS. The summed E-state index contributed by atoms with van der Waals surface area (Å²) in [6.45, 7) is 2.93. The molecule has 1 aromatic carbocycles. The van der Waals surface area contributed by atoms with Crippen molar-refractivity contribution in [1.82, 2.24) is 14.5 Å². The number of pyridine rings is 1. The molecule has 5 nitrogen and oxygen atoms in total. The Balaban J connectivity index is 1.75. The fourth-order valence-electron chi connectivity index (χ4n) is 2.43. The van der Waals surface area contributed by atoms with Gasteiger partial charge in [0.05, 0.1) is 22.5 Å². The van der Waals surface area contributed by atoms with Crippen molar-refractivity contribution >= 4 is 57.6 Å². The summed E-state index contributed by atoms with van der Waals surface area (Å²) in [5.41, 5.74) is 2.35. The number of carbonyl (C=O) groups is 1. The van der Waals surface area contributed by atoms with E-state index in [4.69, 9.17) is 23.2 Å². The molecule has 0 atom stereocenters. The van der Waals surface area contributed by atoms with Crippen LogP contribution in [0.15, 0.2) is 41.7 Å². The predicted molar refractivity (Wildman–Crippen MR) is 104 cm³/mol. The van der Waals surface area contributed by atoms with E-state index in [0.717, 1.165) is 29.2 Å². The van der Waals surface area contributed by atoms with Gasteiger partial charge in [0.25, 0.3) is 0 Å². The maximum absolute atomic E-state index is 12.2. The molecule has 0 aliphatic heterocycles. The Kier molecular flexibility index (Phi) is 5.83. The summed E-state index contributed by atoms with van der Waals surface area (Å²) in [5, 5.41) is 4.48. The van der Waals surface area contributed by atoms with Crippen LogP contribution in [0.1, 0.15) is 13.3 Å². The molecule has 3 rings (SSSR count). The Morgan fingerprint density at radius 1 is 1.32 bits per heavy atom. The maximum Gasteiger partial charge on any atom is 0.234 e. The summed E-state index contributed by atoms with van der Waals surface area (Å²) in [6.07, 6.45) is 2.55. The predicted octanol–water partition coefficient (Wildman–Crippen LogP) is 4.88. The number of amides is 1. The molecule has 25 heavy (non-hydrogen) atoms. The van der Waals surface area contributed by atoms with Crippen LogP contribution in [-0.4, -0.2) is 26.2 Å². The SMILES string of the molecule is CCCn1c(SCC(=O)Nc2cccnc2Cl)nc2cc(Cl)ccc21. The third-order valence-electron chi connectivity index (χ3n) is 3.49. The smallest absolute Gasteiger partial charge is 0.234 e. The number of benzene rings is 1. The summed E-state index contributed by atoms with van der Waals surface area (Å²) in [5.74, 6) is 0.0689. The van der Waals surface area contributed by atoms with Crippen molar-refractivity contribution in [2.75, 3.05) is 11.1 Å². The third kappa shape index (κ3) is 4.26. The van der Waals surface area contributed by atoms with Crippen molar-refractivity contribution in [3.05, 3.63) is 46.7 Å². The van der Waals surface area contributed by atoms with Crippen LogP contribution in [0.2, 0.25) is 10.2 Å². The lowest BCUT2D eigenvalue weighted by Crippen LogP contribution is -2.15. The highest BCUT2D eigenvalue weighted by Gasteiger charge is 2.14. The van der Waals surface area contributed by atoms with E-state index in [1.54, 1.807) is 18.3 Å². The Labute approximate surface area is 159 Å². The van der Waals surface area contributed by atoms with Gasteiger partial charge in [-0.15, -0.1) is 0 Å². The minimum absolute atomic E-state index is 0.159. The molecule has 1 N–H and O–H groups in total. The van der Waals surface area contributed by atoms with Crippen LogP contribution in [0.5, 0.6) is 0 Å². The highest BCUT2D eigenvalue weighted by Crippen LogP contribution is 2.27. The number of halogens is 2. The number of anilines is 1. The number of nitrogens with one attached hydrogen (secondary N) is 1. The number of aromatic nitrogens is 3. The molecule has 0 saturated heterocycles. The molecule has 0 fully saturated rings. The molecule has 0 unspecified atom stereocenters. The lowest BCUT2D eigenvalue weighted by atomic mass is 10.3. The number of hydrogen-bond donors (Lipinski definition) is 1. The minimum Gasteiger partial charge on any atom is -0.323 e. The summed E-state index contributed by atoms with van der Waals surface area (Å²) in [7, 11) is 0. The molecule has 0 spiro atoms. The first-order valence-corrected chi connectivity index (χ1v) is 9.51. The molecule has 8 heteroatoms. The van der Waals surface area contributed by atoms with Crippen LogP contribution in [0.4, 0.5) is 5.69 Å². The van der Waals surface area contributed by atoms with Crippen LogP contribution in [0.25, 0.3) is 11.0 Å². The molecule has 0 saturated carbocycles. The quantitative estimate of drug-likeness (QED) is 0.478. The summed E-state index contributed by atoms with van der Waals surface area (Å²) < 4.78 is 2.11. The van der Waals surface area contributed by atoms with Crippen molar-refractivity contribution in [2.24, 2.45) is 0 Å². The van der Waals surface area contributed by atoms with Gasteiger partial charge in [0.2, 0.25) is 5.91 Å². The van der Waals surface area contributed by atoms with E-state index in [1.807, 2.05) is 18.2 Å². The highest BCUT2D eigenvalue weighted by atomic mass is 35.5. The van der Waals surface area contributed by atoms with E-state index >= 15 is 0 Å². The first-order valence-electron chi connectivity index (χ1n) is 7.77. The van der Waals surface area contributed by atoms with Gasteiger partial charge in [-0.3, -0.25) is 4.79 Å². The van der Waals surface area contributed by atoms with Gasteiger partial charge < -0.3 is 9.88 Å². The molecular weight excluding hydrogens is 379 g/mol. The molecule has 2 heterocycles. The number of carbonyl (C=O) groups excluding carboxylic acids is 1. The van der Waals surface area contributed by atoms with Crippen molar-refractivity contribution in [2.45, 2.75) is 25.0 Å². The molecule has 1 amide bonds. The standard InChI is InChI=1S/C17H16Cl2N4OS/c1-2-8-23-14-6-5-11(18)9-13(14)22-17(23)25-10-15(24)21-12-4-3-7-20-16(12)19/h3-7,9H,2,8,10H2,1H3,(H,21,24). The Hall–Kier alpha value is -1.76. The highest BCUT2D eigenvalue weighted by molar-refractivity contribution is 7.99. The fraction of sp³-hybridized carbons (Fsp3) is 0.235. The second kappa shape index (κ2) is 8.08. The van der Waals surface area contributed by atoms with Gasteiger partial charge in [0, 0.05) is 17.8 Å². The number of hydrogen-bond acceptors (Lipinski definition) is 4. The van der Waals surface area contributed by atoms with Gasteiger partial charge in [-0.05, 0) is 36.8 Å². The van der Waals surface area contributed by atoms with Crippen molar-refractivity contribution in [3.8, 4) is 0 Å². The van der Waals surface area contributed by atoms with Gasteiger partial charge in [-0.1, -0.05) is 41.9 Å². The largest absolute Gasteiger partial charge is 0.323 e. The Morgan fingerprint density at radius 2 is 2.16 bits per heavy atom. The monoisotopic (exact) mass is 394 g/mol. The summed E-state index contributed by atoms with van der Waals surface area (Å²) in [6, 6.07) is 9.08. The van der Waals surface area contributed by atoms with Gasteiger partial charge >= 0.3 is 0 Å². The van der Waals surface area contributed by atoms with Crippen molar-refractivity contribution in [1.29, 1.82) is 0 Å². The zero-order chi connectivity index (χ0) is 17.8. The lowest BCUT2D eigenvalue weighted by molar-refractivity contribution is -0.113. The van der Waals surface area contributed by atoms with E-state index in [-0.39, 0.29) is 16.8 Å².